The number of sulfone groups is 1. The largest absolute Gasteiger partial charge is 0.508 e. The summed E-state index contributed by atoms with van der Waals surface area (Å²) >= 11 is -2.48. The Morgan fingerprint density at radius 1 is 1.06 bits per heavy atom. The van der Waals surface area contributed by atoms with Gasteiger partial charge in [-0.3, -0.25) is 4.55 Å². The highest BCUT2D eigenvalue weighted by Crippen LogP contribution is 2.29. The van der Waals surface area contributed by atoms with Crippen molar-refractivity contribution >= 4 is 37.8 Å². The number of rotatable bonds is 6. The van der Waals surface area contributed by atoms with Crippen LogP contribution in [0.1, 0.15) is 5.56 Å². The van der Waals surface area contributed by atoms with Crippen molar-refractivity contribution in [3.05, 3.63) is 78.5 Å². The molecule has 1 atom stereocenters. The van der Waals surface area contributed by atoms with Crippen molar-refractivity contribution in [2.75, 3.05) is 12.1 Å². The topological polar surface area (TPSA) is 133 Å². The summed E-state index contributed by atoms with van der Waals surface area (Å²) in [6.07, 6.45) is 1.77. The number of phenols is 1. The van der Waals surface area contributed by atoms with Crippen LogP contribution in [-0.2, 0) is 25.5 Å². The molecule has 33 heavy (non-hydrogen) atoms. The summed E-state index contributed by atoms with van der Waals surface area (Å²) in [7, 11) is -2.52. The zero-order valence-electron chi connectivity index (χ0n) is 17.1. The molecule has 3 aromatic carbocycles. The molecule has 11 heteroatoms. The number of anilines is 1. The molecule has 2 N–H and O–H groups in total. The van der Waals surface area contributed by atoms with E-state index in [0.717, 1.165) is 16.5 Å². The number of aromatic hydroxyl groups is 1. The molecule has 0 fully saturated rings. The Bertz CT molecular complexity index is 1540. The fraction of sp³-hybridized carbons (Fsp3) is 0.0455. The summed E-state index contributed by atoms with van der Waals surface area (Å²) < 4.78 is 52.8. The number of fused-ring (bicyclic) bond motifs is 1. The lowest BCUT2D eigenvalue weighted by molar-refractivity contribution is 0.295. The quantitative estimate of drug-likeness (QED) is 0.314. The first-order chi connectivity index (χ1) is 15.7. The van der Waals surface area contributed by atoms with Gasteiger partial charge in [0.1, 0.15) is 5.75 Å². The first-order valence-electron chi connectivity index (χ1n) is 9.43. The van der Waals surface area contributed by atoms with Gasteiger partial charge in [0.05, 0.1) is 32.6 Å². The van der Waals surface area contributed by atoms with Crippen LogP contribution in [0.25, 0.3) is 16.6 Å². The molecular weight excluding hydrogens is 466 g/mol. The number of nitriles is 1. The average Bonchev–Trinajstić information content (AvgIpc) is 3.21. The summed E-state index contributed by atoms with van der Waals surface area (Å²) in [4.78, 5) is -0.199. The van der Waals surface area contributed by atoms with Crippen LogP contribution in [0.5, 0.6) is 5.75 Å². The van der Waals surface area contributed by atoms with Gasteiger partial charge in [0.15, 0.2) is 0 Å². The van der Waals surface area contributed by atoms with Gasteiger partial charge < -0.3 is 9.67 Å². The molecule has 9 nitrogen and oxygen atoms in total. The minimum atomic E-state index is -4.01. The number of hydrogen-bond donors (Lipinski definition) is 2. The van der Waals surface area contributed by atoms with Crippen molar-refractivity contribution < 1.29 is 26.6 Å². The standard InChI is InChI=1S/C22H17N3O6S2/c1-24(31-32(27)28)17-6-5-16-7-8-25(22(16)12-17)18-3-2-4-20(11-18)33(29,30)21-10-15(14-23)9-19(26)13-21/h2-13,26H,1H3,(H,27,28). The SMILES string of the molecule is CN(OS(=O)O)c1ccc2ccn(-c3cccc(S(=O)(=O)c4cc(O)cc(C#N)c4)c3)c2c1. The molecule has 0 radical (unpaired) electrons. The van der Waals surface area contributed by atoms with E-state index in [9.17, 15) is 17.7 Å². The Hall–Kier alpha value is -3.69. The highest BCUT2D eigenvalue weighted by Gasteiger charge is 2.20. The van der Waals surface area contributed by atoms with Gasteiger partial charge in [0, 0.05) is 24.3 Å². The van der Waals surface area contributed by atoms with Crippen LogP contribution in [0.4, 0.5) is 5.69 Å². The maximum Gasteiger partial charge on any atom is 0.325 e. The highest BCUT2D eigenvalue weighted by molar-refractivity contribution is 7.91. The van der Waals surface area contributed by atoms with Gasteiger partial charge >= 0.3 is 11.4 Å². The molecule has 168 valence electrons. The molecule has 0 saturated heterocycles. The molecule has 0 aliphatic rings. The molecule has 0 amide bonds. The van der Waals surface area contributed by atoms with E-state index in [1.54, 1.807) is 41.1 Å². The smallest absolute Gasteiger partial charge is 0.325 e. The summed E-state index contributed by atoms with van der Waals surface area (Å²) in [5.74, 6) is -0.317. The predicted octanol–water partition coefficient (Wildman–Crippen LogP) is 3.55. The maximum absolute atomic E-state index is 13.2. The number of hydroxylamine groups is 1. The second kappa shape index (κ2) is 8.68. The van der Waals surface area contributed by atoms with Gasteiger partial charge in [-0.25, -0.2) is 13.5 Å². The van der Waals surface area contributed by atoms with Gasteiger partial charge in [0.25, 0.3) is 0 Å². The lowest BCUT2D eigenvalue weighted by Crippen LogP contribution is -2.18. The lowest BCUT2D eigenvalue weighted by atomic mass is 10.2. The van der Waals surface area contributed by atoms with Crippen molar-refractivity contribution in [3.63, 3.8) is 0 Å². The molecule has 0 saturated carbocycles. The molecule has 0 aliphatic heterocycles. The first kappa shape index (κ1) is 22.5. The zero-order chi connectivity index (χ0) is 23.8. The Kier molecular flexibility index (Phi) is 5.92. The first-order valence-corrected chi connectivity index (χ1v) is 11.9. The fourth-order valence-corrected chi connectivity index (χ4v) is 5.06. The van der Waals surface area contributed by atoms with Crippen LogP contribution in [0.3, 0.4) is 0 Å². The van der Waals surface area contributed by atoms with Gasteiger partial charge in [-0.15, -0.1) is 4.28 Å². The van der Waals surface area contributed by atoms with Crippen LogP contribution in [-0.4, -0.2) is 33.9 Å². The normalized spacial score (nSPS) is 12.4. The Labute approximate surface area is 192 Å². The molecule has 1 unspecified atom stereocenters. The molecular formula is C22H17N3O6S2. The second-order valence-corrected chi connectivity index (χ2v) is 9.58. The van der Waals surface area contributed by atoms with Crippen LogP contribution in [0, 0.1) is 11.3 Å². The minimum Gasteiger partial charge on any atom is -0.508 e. The van der Waals surface area contributed by atoms with E-state index in [1.165, 1.54) is 31.3 Å². The molecule has 0 aliphatic carbocycles. The Morgan fingerprint density at radius 3 is 2.58 bits per heavy atom. The second-order valence-electron chi connectivity index (χ2n) is 7.05. The van der Waals surface area contributed by atoms with Crippen LogP contribution in [0.2, 0.25) is 0 Å². The van der Waals surface area contributed by atoms with E-state index in [2.05, 4.69) is 0 Å². The summed E-state index contributed by atoms with van der Waals surface area (Å²) in [6.45, 7) is 0. The van der Waals surface area contributed by atoms with E-state index >= 15 is 0 Å². The number of benzene rings is 3. The van der Waals surface area contributed by atoms with Gasteiger partial charge in [-0.2, -0.15) is 9.47 Å². The van der Waals surface area contributed by atoms with E-state index in [1.807, 2.05) is 12.1 Å². The van der Waals surface area contributed by atoms with Crippen LogP contribution >= 0.6 is 0 Å². The lowest BCUT2D eigenvalue weighted by Gasteiger charge is -2.16. The number of nitrogens with zero attached hydrogens (tertiary/aromatic N) is 3. The van der Waals surface area contributed by atoms with Crippen molar-refractivity contribution in [1.29, 1.82) is 5.26 Å². The van der Waals surface area contributed by atoms with Crippen molar-refractivity contribution in [2.45, 2.75) is 9.79 Å². The number of aromatic nitrogens is 1. The minimum absolute atomic E-state index is 0.0105. The molecule has 4 aromatic rings. The average molecular weight is 484 g/mol. The van der Waals surface area contributed by atoms with Crippen molar-refractivity contribution in [1.82, 2.24) is 4.57 Å². The summed E-state index contributed by atoms with van der Waals surface area (Å²) in [5.41, 5.74) is 1.81. The van der Waals surface area contributed by atoms with E-state index in [-0.39, 0.29) is 21.1 Å². The number of hydrogen-bond acceptors (Lipinski definition) is 7. The maximum atomic E-state index is 13.2. The summed E-state index contributed by atoms with van der Waals surface area (Å²) in [5, 5.41) is 20.9. The molecule has 1 aromatic heterocycles. The summed E-state index contributed by atoms with van der Waals surface area (Å²) in [6, 6.07) is 18.7. The molecule has 4 rings (SSSR count). The fourth-order valence-electron chi connectivity index (χ4n) is 3.42. The number of phenolic OH excluding ortho intramolecular Hbond substituents is 1. The monoisotopic (exact) mass is 483 g/mol. The third kappa shape index (κ3) is 4.46. The third-order valence-corrected chi connectivity index (χ3v) is 7.03. The van der Waals surface area contributed by atoms with E-state index in [4.69, 9.17) is 14.1 Å². The van der Waals surface area contributed by atoms with Crippen LogP contribution < -0.4 is 5.06 Å². The van der Waals surface area contributed by atoms with Gasteiger partial charge in [-0.05, 0) is 54.6 Å². The van der Waals surface area contributed by atoms with Gasteiger partial charge in [0.2, 0.25) is 9.84 Å². The molecule has 0 spiro atoms. The third-order valence-electron chi connectivity index (χ3n) is 4.95. The van der Waals surface area contributed by atoms with E-state index < -0.39 is 21.2 Å². The zero-order valence-corrected chi connectivity index (χ0v) is 18.7. The van der Waals surface area contributed by atoms with Gasteiger partial charge in [-0.1, -0.05) is 12.1 Å². The Morgan fingerprint density at radius 2 is 1.85 bits per heavy atom. The van der Waals surface area contributed by atoms with E-state index in [0.29, 0.717) is 16.9 Å². The molecule has 1 heterocycles. The Balaban J connectivity index is 1.79. The van der Waals surface area contributed by atoms with Crippen LogP contribution in [0.15, 0.2) is 82.7 Å². The molecule has 0 bridgehead atoms. The van der Waals surface area contributed by atoms with Crippen molar-refractivity contribution in [2.24, 2.45) is 0 Å². The van der Waals surface area contributed by atoms with Crippen molar-refractivity contribution in [3.8, 4) is 17.5 Å². The highest BCUT2D eigenvalue weighted by atomic mass is 32.2. The predicted molar refractivity (Wildman–Crippen MR) is 122 cm³/mol.